The smallest absolute Gasteiger partial charge is 0.310 e. The average molecular weight is 300 g/mol. The van der Waals surface area contributed by atoms with Crippen LogP contribution in [-0.4, -0.2) is 12.1 Å². The number of rotatable bonds is 5. The van der Waals surface area contributed by atoms with E-state index in [0.29, 0.717) is 5.92 Å². The predicted molar refractivity (Wildman–Crippen MR) is 91.3 cm³/mol. The van der Waals surface area contributed by atoms with E-state index in [4.69, 9.17) is 4.74 Å². The zero-order valence-corrected chi connectivity index (χ0v) is 14.5. The first kappa shape index (κ1) is 16.8. The van der Waals surface area contributed by atoms with Gasteiger partial charge in [-0.1, -0.05) is 38.2 Å². The fourth-order valence-corrected chi connectivity index (χ4v) is 3.56. The van der Waals surface area contributed by atoms with Crippen LogP contribution < -0.4 is 0 Å². The molecule has 2 rings (SSSR count). The van der Waals surface area contributed by atoms with Gasteiger partial charge in [-0.25, -0.2) is 0 Å². The molecule has 0 amide bonds. The van der Waals surface area contributed by atoms with Crippen molar-refractivity contribution in [2.75, 3.05) is 0 Å². The maximum Gasteiger partial charge on any atom is 0.310 e. The Balaban J connectivity index is 2.07. The van der Waals surface area contributed by atoms with E-state index in [0.717, 1.165) is 24.0 Å². The van der Waals surface area contributed by atoms with Crippen molar-refractivity contribution < 1.29 is 9.53 Å². The minimum atomic E-state index is -0.140. The molecule has 120 valence electrons. The molecule has 0 aromatic rings. The van der Waals surface area contributed by atoms with Crippen molar-refractivity contribution >= 4 is 5.97 Å². The molecule has 1 saturated carbocycles. The van der Waals surface area contributed by atoms with Crippen molar-refractivity contribution in [3.8, 4) is 0 Å². The predicted octanol–water partition coefficient (Wildman–Crippen LogP) is 4.99. The zero-order chi connectivity index (χ0) is 16.7. The summed E-state index contributed by atoms with van der Waals surface area (Å²) in [4.78, 5) is 12.6. The Kier molecular flexibility index (Phi) is 4.51. The zero-order valence-electron chi connectivity index (χ0n) is 14.5. The molecule has 0 spiro atoms. The highest BCUT2D eigenvalue weighted by molar-refractivity contribution is 5.79. The van der Waals surface area contributed by atoms with Crippen LogP contribution in [0.1, 0.15) is 47.5 Å². The van der Waals surface area contributed by atoms with Crippen molar-refractivity contribution in [1.29, 1.82) is 0 Å². The van der Waals surface area contributed by atoms with Gasteiger partial charge in [0.1, 0.15) is 6.10 Å². The Bertz CT molecular complexity index is 571. The van der Waals surface area contributed by atoms with Crippen LogP contribution in [0.2, 0.25) is 0 Å². The Hall–Kier alpha value is -1.57. The van der Waals surface area contributed by atoms with Crippen LogP contribution in [0.15, 0.2) is 47.6 Å². The van der Waals surface area contributed by atoms with Crippen LogP contribution in [0.4, 0.5) is 0 Å². The molecule has 0 N–H and O–H groups in total. The van der Waals surface area contributed by atoms with E-state index in [9.17, 15) is 4.79 Å². The highest BCUT2D eigenvalue weighted by Gasteiger charge is 2.61. The first-order valence-corrected chi connectivity index (χ1v) is 8.04. The van der Waals surface area contributed by atoms with Crippen molar-refractivity contribution in [3.05, 3.63) is 47.6 Å². The van der Waals surface area contributed by atoms with Crippen LogP contribution >= 0.6 is 0 Å². The number of carbonyl (C=O) groups excluding carboxylic acids is 1. The molecular formula is C20H28O2. The molecule has 1 unspecified atom stereocenters. The van der Waals surface area contributed by atoms with E-state index >= 15 is 0 Å². The summed E-state index contributed by atoms with van der Waals surface area (Å²) in [6, 6.07) is 0. The second-order valence-electron chi connectivity index (χ2n) is 7.46. The Labute approximate surface area is 134 Å². The van der Waals surface area contributed by atoms with Gasteiger partial charge in [-0.15, -0.1) is 6.58 Å². The third-order valence-electron chi connectivity index (χ3n) is 5.10. The molecule has 0 aromatic carbocycles. The summed E-state index contributed by atoms with van der Waals surface area (Å²) < 4.78 is 5.82. The lowest BCUT2D eigenvalue weighted by atomic mass is 10.1. The standard InChI is InChI=1S/C20H28O2/c1-8-9-15-13(4)11-17(14(15)5)22-19(21)18-16(10-12(2)3)20(18,6)7/h8,10,16-18H,1,4,9,11H2,2-3,5-7H3/t16-,17?,18-/m1/s1. The molecular weight excluding hydrogens is 272 g/mol. The van der Waals surface area contributed by atoms with Crippen LogP contribution in [0, 0.1) is 17.3 Å². The van der Waals surface area contributed by atoms with E-state index in [-0.39, 0.29) is 23.4 Å². The van der Waals surface area contributed by atoms with Crippen LogP contribution in [-0.2, 0) is 9.53 Å². The Morgan fingerprint density at radius 2 is 2.05 bits per heavy atom. The number of carbonyl (C=O) groups is 1. The molecule has 0 bridgehead atoms. The van der Waals surface area contributed by atoms with Crippen LogP contribution in [0.5, 0.6) is 0 Å². The Morgan fingerprint density at radius 3 is 2.59 bits per heavy atom. The third-order valence-corrected chi connectivity index (χ3v) is 5.10. The van der Waals surface area contributed by atoms with Gasteiger partial charge in [0, 0.05) is 6.42 Å². The second-order valence-corrected chi connectivity index (χ2v) is 7.46. The molecule has 1 fully saturated rings. The summed E-state index contributed by atoms with van der Waals surface area (Å²) in [6.45, 7) is 18.4. The molecule has 0 radical (unpaired) electrons. The van der Waals surface area contributed by atoms with E-state index in [2.05, 4.69) is 46.9 Å². The lowest BCUT2D eigenvalue weighted by molar-refractivity contribution is -0.149. The van der Waals surface area contributed by atoms with Crippen LogP contribution in [0.3, 0.4) is 0 Å². The van der Waals surface area contributed by atoms with Gasteiger partial charge in [-0.3, -0.25) is 4.79 Å². The van der Waals surface area contributed by atoms with Gasteiger partial charge >= 0.3 is 5.97 Å². The van der Waals surface area contributed by atoms with Crippen molar-refractivity contribution in [2.45, 2.75) is 53.6 Å². The maximum absolute atomic E-state index is 12.6. The van der Waals surface area contributed by atoms with Crippen molar-refractivity contribution in [1.82, 2.24) is 0 Å². The number of esters is 1. The number of allylic oxidation sites excluding steroid dienone is 4. The summed E-state index contributed by atoms with van der Waals surface area (Å²) in [7, 11) is 0. The first-order valence-electron chi connectivity index (χ1n) is 8.04. The largest absolute Gasteiger partial charge is 0.457 e. The minimum Gasteiger partial charge on any atom is -0.457 e. The number of hydrogen-bond acceptors (Lipinski definition) is 2. The highest BCUT2D eigenvalue weighted by atomic mass is 16.5. The summed E-state index contributed by atoms with van der Waals surface area (Å²) in [5.41, 5.74) is 4.67. The summed E-state index contributed by atoms with van der Waals surface area (Å²) in [5, 5.41) is 0. The molecule has 2 aliphatic rings. The second kappa shape index (κ2) is 5.91. The van der Waals surface area contributed by atoms with E-state index in [1.807, 2.05) is 13.0 Å². The molecule has 22 heavy (non-hydrogen) atoms. The fraction of sp³-hybridized carbons (Fsp3) is 0.550. The van der Waals surface area contributed by atoms with Gasteiger partial charge in [0.15, 0.2) is 0 Å². The van der Waals surface area contributed by atoms with Gasteiger partial charge in [-0.2, -0.15) is 0 Å². The summed E-state index contributed by atoms with van der Waals surface area (Å²) in [5.74, 6) is 0.211. The normalized spacial score (nSPS) is 29.3. The SMILES string of the molecule is C=CCC1=C(C)C(OC(=O)[C@H]2[C@@H](C=C(C)C)C2(C)C)CC1=C. The third kappa shape index (κ3) is 2.97. The lowest BCUT2D eigenvalue weighted by Crippen LogP contribution is -2.20. The van der Waals surface area contributed by atoms with Gasteiger partial charge in [-0.05, 0) is 55.2 Å². The monoisotopic (exact) mass is 300 g/mol. The molecule has 2 nitrogen and oxygen atoms in total. The molecule has 2 aliphatic carbocycles. The molecule has 0 aromatic heterocycles. The average Bonchev–Trinajstić information content (AvgIpc) is 2.83. The lowest BCUT2D eigenvalue weighted by Gasteiger charge is -2.14. The Morgan fingerprint density at radius 1 is 1.41 bits per heavy atom. The van der Waals surface area contributed by atoms with Gasteiger partial charge in [0.05, 0.1) is 5.92 Å². The van der Waals surface area contributed by atoms with Crippen LogP contribution in [0.25, 0.3) is 0 Å². The number of hydrogen-bond donors (Lipinski definition) is 0. The quantitative estimate of drug-likeness (QED) is 0.528. The number of ether oxygens (including phenoxy) is 1. The van der Waals surface area contributed by atoms with Crippen molar-refractivity contribution in [2.24, 2.45) is 17.3 Å². The highest BCUT2D eigenvalue weighted by Crippen LogP contribution is 2.60. The fourth-order valence-electron chi connectivity index (χ4n) is 3.56. The van der Waals surface area contributed by atoms with E-state index in [1.165, 1.54) is 11.1 Å². The van der Waals surface area contributed by atoms with Gasteiger partial charge in [0.2, 0.25) is 0 Å². The molecule has 0 saturated heterocycles. The summed E-state index contributed by atoms with van der Waals surface area (Å²) in [6.07, 6.45) is 5.46. The van der Waals surface area contributed by atoms with Gasteiger partial charge in [0.25, 0.3) is 0 Å². The first-order chi connectivity index (χ1) is 10.2. The van der Waals surface area contributed by atoms with E-state index < -0.39 is 0 Å². The minimum absolute atomic E-state index is 0.00549. The molecule has 0 aliphatic heterocycles. The summed E-state index contributed by atoms with van der Waals surface area (Å²) >= 11 is 0. The van der Waals surface area contributed by atoms with Crippen molar-refractivity contribution in [3.63, 3.8) is 0 Å². The molecule has 0 heterocycles. The molecule has 3 atom stereocenters. The van der Waals surface area contributed by atoms with E-state index in [1.54, 1.807) is 0 Å². The van der Waals surface area contributed by atoms with Gasteiger partial charge < -0.3 is 4.74 Å². The maximum atomic E-state index is 12.6. The molecule has 2 heteroatoms. The topological polar surface area (TPSA) is 26.3 Å².